The predicted octanol–water partition coefficient (Wildman–Crippen LogP) is 5.50. The molecule has 0 radical (unpaired) electrons. The normalized spacial score (nSPS) is 21.1. The van der Waals surface area contributed by atoms with Crippen molar-refractivity contribution in [1.29, 1.82) is 5.41 Å². The Bertz CT molecular complexity index is 632. The van der Waals surface area contributed by atoms with E-state index in [1.54, 1.807) is 19.1 Å². The van der Waals surface area contributed by atoms with E-state index in [4.69, 9.17) is 5.41 Å². The van der Waals surface area contributed by atoms with Gasteiger partial charge in [-0.3, -0.25) is 4.79 Å². The quantitative estimate of drug-likeness (QED) is 0.703. The monoisotopic (exact) mass is 330 g/mol. The Morgan fingerprint density at radius 3 is 2.38 bits per heavy atom. The molecule has 1 fully saturated rings. The molecular formula is C20H27FN2O. The summed E-state index contributed by atoms with van der Waals surface area (Å²) >= 11 is 0. The van der Waals surface area contributed by atoms with Gasteiger partial charge < -0.3 is 10.7 Å². The molecule has 0 spiro atoms. The van der Waals surface area contributed by atoms with Crippen LogP contribution in [-0.4, -0.2) is 12.0 Å². The van der Waals surface area contributed by atoms with Gasteiger partial charge in [-0.25, -0.2) is 4.39 Å². The molecule has 0 heterocycles. The van der Waals surface area contributed by atoms with E-state index in [1.165, 1.54) is 23.9 Å². The van der Waals surface area contributed by atoms with Crippen LogP contribution in [0.4, 0.5) is 10.1 Å². The van der Waals surface area contributed by atoms with Gasteiger partial charge in [0.05, 0.1) is 5.41 Å². The number of ketones is 1. The van der Waals surface area contributed by atoms with E-state index in [0.29, 0.717) is 12.2 Å². The average Bonchev–Trinajstić information content (AvgIpc) is 2.88. The van der Waals surface area contributed by atoms with Crippen molar-refractivity contribution < 1.29 is 9.18 Å². The molecule has 1 saturated carbocycles. The first-order valence-corrected chi connectivity index (χ1v) is 8.42. The molecule has 1 aromatic carbocycles. The minimum Gasteiger partial charge on any atom is -0.356 e. The molecule has 0 saturated heterocycles. The molecule has 24 heavy (non-hydrogen) atoms. The zero-order valence-electron chi connectivity index (χ0n) is 14.9. The molecular weight excluding hydrogens is 303 g/mol. The fourth-order valence-electron chi connectivity index (χ4n) is 2.80. The fraction of sp³-hybridized carbons (Fsp3) is 0.400. The van der Waals surface area contributed by atoms with Gasteiger partial charge in [0.1, 0.15) is 11.6 Å². The van der Waals surface area contributed by atoms with Crippen LogP contribution in [0, 0.1) is 16.6 Å². The van der Waals surface area contributed by atoms with E-state index in [9.17, 15) is 9.18 Å². The number of hydrogen-bond donors (Lipinski definition) is 2. The second-order valence-electron chi connectivity index (χ2n) is 5.71. The summed E-state index contributed by atoms with van der Waals surface area (Å²) in [6, 6.07) is 6.29. The Labute approximate surface area is 144 Å². The maximum absolute atomic E-state index is 12.8. The zero-order chi connectivity index (χ0) is 18.2. The topological polar surface area (TPSA) is 53.0 Å². The highest BCUT2D eigenvalue weighted by atomic mass is 19.1. The second-order valence-corrected chi connectivity index (χ2v) is 5.71. The molecule has 130 valence electrons. The lowest BCUT2D eigenvalue weighted by molar-refractivity contribution is -0.123. The maximum atomic E-state index is 12.8. The minimum absolute atomic E-state index is 0.240. The van der Waals surface area contributed by atoms with Crippen molar-refractivity contribution >= 4 is 17.7 Å². The largest absolute Gasteiger partial charge is 0.356 e. The van der Waals surface area contributed by atoms with Crippen molar-refractivity contribution in [3.8, 4) is 0 Å². The summed E-state index contributed by atoms with van der Waals surface area (Å²) < 4.78 is 12.8. The van der Waals surface area contributed by atoms with Crippen LogP contribution in [0.15, 0.2) is 47.7 Å². The standard InChI is InChI=1S/C16H16FNO.C2H5N.C2H6/c1-16-9-8-14(10-11(16)2-7-15(16)19)18-13-5-3-12(17)4-6-13;1-2-3;1-2/h3-6,8,10,18H,2,7,9H2,1H3;2-3H,1H3;1-2H3. The van der Waals surface area contributed by atoms with E-state index in [0.717, 1.165) is 24.2 Å². The molecule has 1 atom stereocenters. The van der Waals surface area contributed by atoms with Gasteiger partial charge in [-0.2, -0.15) is 0 Å². The molecule has 3 rings (SSSR count). The van der Waals surface area contributed by atoms with Crippen molar-refractivity contribution in [2.45, 2.75) is 47.0 Å². The highest BCUT2D eigenvalue weighted by molar-refractivity contribution is 5.91. The van der Waals surface area contributed by atoms with Crippen LogP contribution < -0.4 is 5.32 Å². The lowest BCUT2D eigenvalue weighted by Crippen LogP contribution is -2.25. The van der Waals surface area contributed by atoms with E-state index >= 15 is 0 Å². The van der Waals surface area contributed by atoms with Crippen molar-refractivity contribution in [2.75, 3.05) is 5.32 Å². The number of nitrogens with one attached hydrogen (secondary N) is 2. The summed E-state index contributed by atoms with van der Waals surface area (Å²) in [6.07, 6.45) is 7.63. The van der Waals surface area contributed by atoms with Gasteiger partial charge in [-0.1, -0.05) is 25.5 Å². The summed E-state index contributed by atoms with van der Waals surface area (Å²) in [5.41, 5.74) is 2.78. The van der Waals surface area contributed by atoms with Gasteiger partial charge in [0.15, 0.2) is 0 Å². The van der Waals surface area contributed by atoms with Gasteiger partial charge in [-0.15, -0.1) is 0 Å². The number of fused-ring (bicyclic) bond motifs is 1. The van der Waals surface area contributed by atoms with Gasteiger partial charge in [-0.05, 0) is 63.2 Å². The Balaban J connectivity index is 0.000000521. The third-order valence-electron chi connectivity index (χ3n) is 4.14. The van der Waals surface area contributed by atoms with Crippen molar-refractivity contribution in [3.05, 3.63) is 53.5 Å². The summed E-state index contributed by atoms with van der Waals surface area (Å²) in [4.78, 5) is 11.9. The molecule has 0 amide bonds. The van der Waals surface area contributed by atoms with Crippen LogP contribution in [0.2, 0.25) is 0 Å². The third kappa shape index (κ3) is 4.63. The molecule has 4 heteroatoms. The number of benzene rings is 1. The van der Waals surface area contributed by atoms with Gasteiger partial charge in [0, 0.05) is 17.8 Å². The van der Waals surface area contributed by atoms with E-state index in [2.05, 4.69) is 17.5 Å². The molecule has 0 aromatic heterocycles. The number of hydrogen-bond acceptors (Lipinski definition) is 3. The molecule has 0 bridgehead atoms. The van der Waals surface area contributed by atoms with Gasteiger partial charge in [0.25, 0.3) is 0 Å². The molecule has 1 aromatic rings. The number of Topliss-reactive ketones (excluding diaryl/α,β-unsaturated/α-hetero) is 1. The maximum Gasteiger partial charge on any atom is 0.143 e. The third-order valence-corrected chi connectivity index (χ3v) is 4.14. The average molecular weight is 330 g/mol. The highest BCUT2D eigenvalue weighted by Crippen LogP contribution is 2.45. The Hall–Kier alpha value is -2.23. The zero-order valence-corrected chi connectivity index (χ0v) is 14.9. The second kappa shape index (κ2) is 9.16. The van der Waals surface area contributed by atoms with E-state index in [-0.39, 0.29) is 11.2 Å². The van der Waals surface area contributed by atoms with E-state index < -0.39 is 0 Å². The first-order chi connectivity index (χ1) is 11.5. The van der Waals surface area contributed by atoms with Crippen LogP contribution in [0.5, 0.6) is 0 Å². The molecule has 2 aliphatic carbocycles. The van der Waals surface area contributed by atoms with Crippen LogP contribution in [0.1, 0.15) is 47.0 Å². The molecule has 2 aliphatic rings. The smallest absolute Gasteiger partial charge is 0.143 e. The summed E-state index contributed by atoms with van der Waals surface area (Å²) in [6.45, 7) is 7.69. The van der Waals surface area contributed by atoms with Crippen molar-refractivity contribution in [3.63, 3.8) is 0 Å². The van der Waals surface area contributed by atoms with E-state index in [1.807, 2.05) is 20.8 Å². The number of anilines is 1. The minimum atomic E-state index is -0.284. The summed E-state index contributed by atoms with van der Waals surface area (Å²) in [7, 11) is 0. The number of carbonyl (C=O) groups excluding carboxylic acids is 1. The lowest BCUT2D eigenvalue weighted by Gasteiger charge is -2.27. The number of rotatable bonds is 2. The Morgan fingerprint density at radius 1 is 1.21 bits per heavy atom. The fourth-order valence-corrected chi connectivity index (χ4v) is 2.80. The van der Waals surface area contributed by atoms with Gasteiger partial charge in [0.2, 0.25) is 0 Å². The Morgan fingerprint density at radius 2 is 1.79 bits per heavy atom. The predicted molar refractivity (Wildman–Crippen MR) is 99.0 cm³/mol. The molecule has 3 nitrogen and oxygen atoms in total. The Kier molecular flexibility index (Phi) is 7.56. The highest BCUT2D eigenvalue weighted by Gasteiger charge is 2.42. The van der Waals surface area contributed by atoms with Crippen LogP contribution >= 0.6 is 0 Å². The molecule has 1 unspecified atom stereocenters. The van der Waals surface area contributed by atoms with Crippen molar-refractivity contribution in [2.24, 2.45) is 5.41 Å². The number of halogens is 1. The summed E-state index contributed by atoms with van der Waals surface area (Å²) in [5.74, 6) is 0.103. The van der Waals surface area contributed by atoms with Crippen LogP contribution in [0.25, 0.3) is 0 Å². The SMILES string of the molecule is CC.CC12CC=C(Nc3ccc(F)cc3)C=C1CCC2=O.CC=N. The van der Waals surface area contributed by atoms with Crippen molar-refractivity contribution in [1.82, 2.24) is 0 Å². The molecule has 0 aliphatic heterocycles. The number of carbonyl (C=O) groups is 1. The lowest BCUT2D eigenvalue weighted by atomic mass is 9.77. The first-order valence-electron chi connectivity index (χ1n) is 8.42. The van der Waals surface area contributed by atoms with Crippen LogP contribution in [-0.2, 0) is 4.79 Å². The first kappa shape index (κ1) is 19.8. The summed E-state index contributed by atoms with van der Waals surface area (Å²) in [5, 5.41) is 9.34. The molecule has 2 N–H and O–H groups in total. The number of allylic oxidation sites excluding steroid dienone is 3. The van der Waals surface area contributed by atoms with Gasteiger partial charge >= 0.3 is 0 Å². The van der Waals surface area contributed by atoms with Crippen LogP contribution in [0.3, 0.4) is 0 Å².